The summed E-state index contributed by atoms with van der Waals surface area (Å²) in [6.45, 7) is 5.95. The van der Waals surface area contributed by atoms with Gasteiger partial charge in [0, 0.05) is 12.0 Å². The maximum Gasteiger partial charge on any atom is 0.237 e. The van der Waals surface area contributed by atoms with Gasteiger partial charge in [0.2, 0.25) is 5.91 Å². The van der Waals surface area contributed by atoms with E-state index in [9.17, 15) is 4.79 Å². The lowest BCUT2D eigenvalue weighted by atomic mass is 9.87. The van der Waals surface area contributed by atoms with Crippen LogP contribution in [0.15, 0.2) is 30.3 Å². The molecule has 2 unspecified atom stereocenters. The van der Waals surface area contributed by atoms with Gasteiger partial charge in [0.25, 0.3) is 0 Å². The Hall–Kier alpha value is -1.35. The van der Waals surface area contributed by atoms with Gasteiger partial charge in [-0.2, -0.15) is 0 Å². The third-order valence-electron chi connectivity index (χ3n) is 3.56. The van der Waals surface area contributed by atoms with E-state index in [0.29, 0.717) is 5.92 Å². The molecule has 98 valence electrons. The molecule has 18 heavy (non-hydrogen) atoms. The first kappa shape index (κ1) is 13.1. The fourth-order valence-electron chi connectivity index (χ4n) is 2.09. The summed E-state index contributed by atoms with van der Waals surface area (Å²) in [5.41, 5.74) is 7.05. The highest BCUT2D eigenvalue weighted by molar-refractivity contribution is 5.83. The predicted octanol–water partition coefficient (Wildman–Crippen LogP) is 2.03. The molecule has 1 saturated carbocycles. The fraction of sp³-hybridized carbons (Fsp3) is 0.533. The number of nitrogens with two attached hydrogens (primary N) is 1. The number of benzene rings is 1. The molecule has 3 heteroatoms. The average Bonchev–Trinajstić information content (AvgIpc) is 3.07. The van der Waals surface area contributed by atoms with E-state index in [-0.39, 0.29) is 17.4 Å². The van der Waals surface area contributed by atoms with Crippen LogP contribution < -0.4 is 11.1 Å². The Morgan fingerprint density at radius 2 is 1.94 bits per heavy atom. The molecule has 1 fully saturated rings. The van der Waals surface area contributed by atoms with E-state index < -0.39 is 6.04 Å². The fourth-order valence-corrected chi connectivity index (χ4v) is 2.09. The minimum Gasteiger partial charge on any atom is -0.351 e. The first-order valence-electron chi connectivity index (χ1n) is 6.50. The van der Waals surface area contributed by atoms with E-state index in [1.807, 2.05) is 39.0 Å². The summed E-state index contributed by atoms with van der Waals surface area (Å²) in [7, 11) is 0. The molecule has 1 aliphatic rings. The summed E-state index contributed by atoms with van der Waals surface area (Å²) in [5, 5.41) is 3.04. The van der Waals surface area contributed by atoms with Crippen molar-refractivity contribution in [2.75, 3.05) is 0 Å². The van der Waals surface area contributed by atoms with Crippen LogP contribution in [-0.4, -0.2) is 18.0 Å². The van der Waals surface area contributed by atoms with Gasteiger partial charge in [0.15, 0.2) is 0 Å². The van der Waals surface area contributed by atoms with Crippen LogP contribution in [0.4, 0.5) is 0 Å². The lowest BCUT2D eigenvalue weighted by Crippen LogP contribution is -2.49. The van der Waals surface area contributed by atoms with Crippen molar-refractivity contribution in [3.8, 4) is 0 Å². The molecule has 1 aliphatic carbocycles. The second kappa shape index (κ2) is 4.73. The molecule has 0 saturated heterocycles. The quantitative estimate of drug-likeness (QED) is 0.857. The van der Waals surface area contributed by atoms with Gasteiger partial charge in [0.1, 0.15) is 0 Å². The smallest absolute Gasteiger partial charge is 0.237 e. The maximum absolute atomic E-state index is 12.0. The van der Waals surface area contributed by atoms with Crippen molar-refractivity contribution >= 4 is 5.91 Å². The topological polar surface area (TPSA) is 55.1 Å². The first-order chi connectivity index (χ1) is 8.39. The summed E-state index contributed by atoms with van der Waals surface area (Å²) in [4.78, 5) is 12.0. The van der Waals surface area contributed by atoms with Crippen molar-refractivity contribution in [2.24, 2.45) is 11.1 Å². The zero-order chi connectivity index (χ0) is 13.3. The standard InChI is InChI=1S/C15H22N2O/c1-15(2,3)13(16)14(18)17-12-9-11(12)10-7-5-4-6-8-10/h4-8,11-13H,9,16H2,1-3H3,(H,17,18)/t11?,12?,13-/m1/s1. The Morgan fingerprint density at radius 1 is 1.33 bits per heavy atom. The number of amides is 1. The van der Waals surface area contributed by atoms with E-state index in [2.05, 4.69) is 17.4 Å². The number of carbonyl (C=O) groups is 1. The van der Waals surface area contributed by atoms with Gasteiger partial charge in [-0.05, 0) is 17.4 Å². The minimum atomic E-state index is -0.450. The second-order valence-corrected chi connectivity index (χ2v) is 6.21. The Kier molecular flexibility index (Phi) is 3.44. The number of carbonyl (C=O) groups excluding carboxylic acids is 1. The molecule has 0 spiro atoms. The SMILES string of the molecule is CC(C)(C)[C@H](N)C(=O)NC1CC1c1ccccc1. The van der Waals surface area contributed by atoms with Crippen LogP contribution in [0.25, 0.3) is 0 Å². The van der Waals surface area contributed by atoms with Crippen LogP contribution in [0.5, 0.6) is 0 Å². The van der Waals surface area contributed by atoms with Gasteiger partial charge < -0.3 is 11.1 Å². The molecule has 3 N–H and O–H groups in total. The molecular weight excluding hydrogens is 224 g/mol. The van der Waals surface area contributed by atoms with E-state index >= 15 is 0 Å². The van der Waals surface area contributed by atoms with Crippen molar-refractivity contribution in [1.29, 1.82) is 0 Å². The molecule has 3 atom stereocenters. The molecule has 0 heterocycles. The summed E-state index contributed by atoms with van der Waals surface area (Å²) in [6.07, 6.45) is 1.02. The molecule has 3 nitrogen and oxygen atoms in total. The van der Waals surface area contributed by atoms with Crippen molar-refractivity contribution < 1.29 is 4.79 Å². The molecule has 1 aromatic carbocycles. The average molecular weight is 246 g/mol. The predicted molar refractivity (Wildman–Crippen MR) is 73.2 cm³/mol. The highest BCUT2D eigenvalue weighted by Gasteiger charge is 2.41. The molecule has 1 amide bonds. The summed E-state index contributed by atoms with van der Waals surface area (Å²) in [5.74, 6) is 0.424. The normalized spacial score (nSPS) is 24.4. The van der Waals surface area contributed by atoms with Crippen LogP contribution in [0.2, 0.25) is 0 Å². The maximum atomic E-state index is 12.0. The molecule has 0 aliphatic heterocycles. The summed E-state index contributed by atoms with van der Waals surface area (Å²) < 4.78 is 0. The van der Waals surface area contributed by atoms with Crippen molar-refractivity contribution in [3.63, 3.8) is 0 Å². The first-order valence-corrected chi connectivity index (χ1v) is 6.50. The van der Waals surface area contributed by atoms with Gasteiger partial charge in [-0.1, -0.05) is 51.1 Å². The third kappa shape index (κ3) is 2.91. The lowest BCUT2D eigenvalue weighted by molar-refractivity contribution is -0.124. The highest BCUT2D eigenvalue weighted by atomic mass is 16.2. The molecule has 0 bridgehead atoms. The summed E-state index contributed by atoms with van der Waals surface area (Å²) in [6, 6.07) is 10.1. The third-order valence-corrected chi connectivity index (χ3v) is 3.56. The zero-order valence-electron chi connectivity index (χ0n) is 11.3. The molecule has 0 aromatic heterocycles. The minimum absolute atomic E-state index is 0.0362. The second-order valence-electron chi connectivity index (χ2n) is 6.21. The monoisotopic (exact) mass is 246 g/mol. The van der Waals surface area contributed by atoms with Crippen LogP contribution in [-0.2, 0) is 4.79 Å². The number of hydrogen-bond acceptors (Lipinski definition) is 2. The summed E-state index contributed by atoms with van der Waals surface area (Å²) >= 11 is 0. The van der Waals surface area contributed by atoms with Crippen LogP contribution >= 0.6 is 0 Å². The van der Waals surface area contributed by atoms with Crippen LogP contribution in [0.3, 0.4) is 0 Å². The van der Waals surface area contributed by atoms with Gasteiger partial charge >= 0.3 is 0 Å². The highest BCUT2D eigenvalue weighted by Crippen LogP contribution is 2.40. The van der Waals surface area contributed by atoms with Gasteiger partial charge in [0.05, 0.1) is 6.04 Å². The Balaban J connectivity index is 1.89. The molecular formula is C15H22N2O. The number of nitrogens with one attached hydrogen (secondary N) is 1. The number of rotatable bonds is 3. The van der Waals surface area contributed by atoms with Gasteiger partial charge in [-0.15, -0.1) is 0 Å². The van der Waals surface area contributed by atoms with Crippen LogP contribution in [0.1, 0.15) is 38.7 Å². The van der Waals surface area contributed by atoms with Crippen molar-refractivity contribution in [3.05, 3.63) is 35.9 Å². The zero-order valence-corrected chi connectivity index (χ0v) is 11.3. The lowest BCUT2D eigenvalue weighted by Gasteiger charge is -2.25. The van der Waals surface area contributed by atoms with Crippen LogP contribution in [0, 0.1) is 5.41 Å². The molecule has 0 radical (unpaired) electrons. The Labute approximate surface area is 109 Å². The van der Waals surface area contributed by atoms with E-state index in [1.54, 1.807) is 0 Å². The van der Waals surface area contributed by atoms with E-state index in [1.165, 1.54) is 5.56 Å². The van der Waals surface area contributed by atoms with Crippen molar-refractivity contribution in [1.82, 2.24) is 5.32 Å². The Bertz CT molecular complexity index is 422. The van der Waals surface area contributed by atoms with Gasteiger partial charge in [-0.3, -0.25) is 4.79 Å². The number of hydrogen-bond donors (Lipinski definition) is 2. The Morgan fingerprint density at radius 3 is 2.50 bits per heavy atom. The van der Waals surface area contributed by atoms with Crippen molar-refractivity contribution in [2.45, 2.75) is 45.2 Å². The van der Waals surface area contributed by atoms with Gasteiger partial charge in [-0.25, -0.2) is 0 Å². The van der Waals surface area contributed by atoms with E-state index in [0.717, 1.165) is 6.42 Å². The molecule has 2 rings (SSSR count). The largest absolute Gasteiger partial charge is 0.351 e. The molecule has 1 aromatic rings. The van der Waals surface area contributed by atoms with E-state index in [4.69, 9.17) is 5.73 Å².